The first-order valence-corrected chi connectivity index (χ1v) is 9.07. The molecule has 0 saturated heterocycles. The second-order valence-corrected chi connectivity index (χ2v) is 6.29. The Balaban J connectivity index is 2.02. The van der Waals surface area contributed by atoms with Crippen molar-refractivity contribution in [1.29, 1.82) is 0 Å². The van der Waals surface area contributed by atoms with E-state index in [0.29, 0.717) is 5.39 Å². The van der Waals surface area contributed by atoms with Crippen molar-refractivity contribution < 1.29 is 22.6 Å². The zero-order chi connectivity index (χ0) is 20.1. The van der Waals surface area contributed by atoms with E-state index in [9.17, 15) is 13.2 Å². The third-order valence-corrected chi connectivity index (χ3v) is 4.43. The molecule has 0 aliphatic heterocycles. The smallest absolute Gasteiger partial charge is 0.387 e. The molecule has 2 nitrogen and oxygen atoms in total. The predicted molar refractivity (Wildman–Crippen MR) is 106 cm³/mol. The maximum absolute atomic E-state index is 14.8. The Morgan fingerprint density at radius 2 is 1.75 bits per heavy atom. The van der Waals surface area contributed by atoms with E-state index in [1.807, 2.05) is 30.3 Å². The number of hydrogen-bond acceptors (Lipinski definition) is 2. The lowest BCUT2D eigenvalue weighted by Crippen LogP contribution is -2.06. The zero-order valence-electron chi connectivity index (χ0n) is 15.6. The fourth-order valence-electron chi connectivity index (χ4n) is 3.09. The minimum atomic E-state index is -3.07. The molecule has 3 aromatic carbocycles. The van der Waals surface area contributed by atoms with Gasteiger partial charge in [-0.3, -0.25) is 0 Å². The van der Waals surface area contributed by atoms with Crippen LogP contribution >= 0.6 is 0 Å². The first-order valence-electron chi connectivity index (χ1n) is 9.07. The standard InChI is InChI=1S/C23H21F3O2/c1-3-5-6-15-7-9-16(10-8-15)17-11-12-19-18(13-17)14-20(28-23(25)26)22(21(19)24)27-4-2/h3,7-14,23H,1,4-6H2,2H3. The lowest BCUT2D eigenvalue weighted by Gasteiger charge is -2.14. The van der Waals surface area contributed by atoms with Crippen LogP contribution in [0.15, 0.2) is 61.2 Å². The summed E-state index contributed by atoms with van der Waals surface area (Å²) in [5.41, 5.74) is 3.01. The summed E-state index contributed by atoms with van der Waals surface area (Å²) in [4.78, 5) is 0. The van der Waals surface area contributed by atoms with Gasteiger partial charge < -0.3 is 9.47 Å². The summed E-state index contributed by atoms with van der Waals surface area (Å²) in [6.45, 7) is 2.44. The molecule has 0 unspecified atom stereocenters. The van der Waals surface area contributed by atoms with Gasteiger partial charge in [-0.25, -0.2) is 4.39 Å². The number of hydrogen-bond donors (Lipinski definition) is 0. The maximum Gasteiger partial charge on any atom is 0.387 e. The first kappa shape index (κ1) is 19.8. The van der Waals surface area contributed by atoms with Gasteiger partial charge >= 0.3 is 6.61 Å². The molecule has 0 amide bonds. The van der Waals surface area contributed by atoms with Crippen molar-refractivity contribution in [3.05, 3.63) is 72.6 Å². The van der Waals surface area contributed by atoms with Gasteiger partial charge in [-0.2, -0.15) is 8.78 Å². The molecule has 0 fully saturated rings. The molecule has 0 radical (unpaired) electrons. The first-order chi connectivity index (χ1) is 13.5. The summed E-state index contributed by atoms with van der Waals surface area (Å²) in [6, 6.07) is 14.6. The Labute approximate surface area is 162 Å². The Bertz CT molecular complexity index is 966. The van der Waals surface area contributed by atoms with Crippen LogP contribution in [0.3, 0.4) is 0 Å². The summed E-state index contributed by atoms with van der Waals surface area (Å²) in [5.74, 6) is -1.31. The lowest BCUT2D eigenvalue weighted by atomic mass is 9.99. The molecule has 5 heteroatoms. The predicted octanol–water partition coefficient (Wildman–Crippen LogP) is 6.76. The van der Waals surface area contributed by atoms with Crippen molar-refractivity contribution in [2.24, 2.45) is 0 Å². The van der Waals surface area contributed by atoms with Gasteiger partial charge in [0.05, 0.1) is 6.61 Å². The summed E-state index contributed by atoms with van der Waals surface area (Å²) >= 11 is 0. The van der Waals surface area contributed by atoms with Gasteiger partial charge in [-0.15, -0.1) is 6.58 Å². The van der Waals surface area contributed by atoms with E-state index in [2.05, 4.69) is 11.3 Å². The number of allylic oxidation sites excluding steroid dienone is 1. The topological polar surface area (TPSA) is 18.5 Å². The SMILES string of the molecule is C=CCCc1ccc(-c2ccc3c(F)c(OCC)c(OC(F)F)cc3c2)cc1. The van der Waals surface area contributed by atoms with Crippen molar-refractivity contribution in [2.75, 3.05) is 6.61 Å². The molecule has 0 spiro atoms. The van der Waals surface area contributed by atoms with Crippen LogP contribution in [0, 0.1) is 5.82 Å². The average Bonchev–Trinajstić information content (AvgIpc) is 2.69. The van der Waals surface area contributed by atoms with Gasteiger partial charge in [0.1, 0.15) is 0 Å². The number of alkyl halides is 2. The monoisotopic (exact) mass is 386 g/mol. The van der Waals surface area contributed by atoms with Gasteiger partial charge in [-0.1, -0.05) is 42.5 Å². The average molecular weight is 386 g/mol. The highest BCUT2D eigenvalue weighted by atomic mass is 19.3. The van der Waals surface area contributed by atoms with Gasteiger partial charge in [0.25, 0.3) is 0 Å². The molecule has 0 N–H and O–H groups in total. The lowest BCUT2D eigenvalue weighted by molar-refractivity contribution is -0.0515. The highest BCUT2D eigenvalue weighted by Gasteiger charge is 2.19. The van der Waals surface area contributed by atoms with Gasteiger partial charge in [0, 0.05) is 5.39 Å². The highest BCUT2D eigenvalue weighted by Crippen LogP contribution is 2.38. The van der Waals surface area contributed by atoms with Crippen molar-refractivity contribution >= 4 is 10.8 Å². The molecule has 3 aromatic rings. The fraction of sp³-hybridized carbons (Fsp3) is 0.217. The van der Waals surface area contributed by atoms with Crippen LogP contribution < -0.4 is 9.47 Å². The molecular formula is C23H21F3O2. The third-order valence-electron chi connectivity index (χ3n) is 4.43. The number of benzene rings is 3. The van der Waals surface area contributed by atoms with Crippen molar-refractivity contribution in [2.45, 2.75) is 26.4 Å². The molecule has 28 heavy (non-hydrogen) atoms. The zero-order valence-corrected chi connectivity index (χ0v) is 15.6. The minimum absolute atomic E-state index is 0.137. The molecule has 0 aromatic heterocycles. The fourth-order valence-corrected chi connectivity index (χ4v) is 3.09. The van der Waals surface area contributed by atoms with Gasteiger partial charge in [-0.05, 0) is 54.0 Å². The van der Waals surface area contributed by atoms with E-state index in [1.165, 1.54) is 11.6 Å². The van der Waals surface area contributed by atoms with E-state index in [1.54, 1.807) is 25.1 Å². The molecule has 0 saturated carbocycles. The number of aryl methyl sites for hydroxylation is 1. The van der Waals surface area contributed by atoms with E-state index in [4.69, 9.17) is 4.74 Å². The van der Waals surface area contributed by atoms with E-state index < -0.39 is 12.4 Å². The quantitative estimate of drug-likeness (QED) is 0.398. The largest absolute Gasteiger partial charge is 0.487 e. The number of fused-ring (bicyclic) bond motifs is 1. The highest BCUT2D eigenvalue weighted by molar-refractivity contribution is 5.90. The molecule has 0 atom stereocenters. The molecule has 3 rings (SSSR count). The molecule has 0 heterocycles. The van der Waals surface area contributed by atoms with Crippen molar-refractivity contribution in [1.82, 2.24) is 0 Å². The van der Waals surface area contributed by atoms with Crippen LogP contribution in [0.25, 0.3) is 21.9 Å². The Morgan fingerprint density at radius 3 is 2.39 bits per heavy atom. The number of rotatable bonds is 8. The summed E-state index contributed by atoms with van der Waals surface area (Å²) in [5, 5.41) is 0.751. The normalized spacial score (nSPS) is 11.0. The van der Waals surface area contributed by atoms with Crippen molar-refractivity contribution in [3.8, 4) is 22.6 Å². The Hall–Kier alpha value is -2.95. The van der Waals surface area contributed by atoms with Crippen molar-refractivity contribution in [3.63, 3.8) is 0 Å². The molecule has 146 valence electrons. The second-order valence-electron chi connectivity index (χ2n) is 6.29. The second kappa shape index (κ2) is 8.83. The number of ether oxygens (including phenoxy) is 2. The van der Waals surface area contributed by atoms with Gasteiger partial charge in [0.2, 0.25) is 0 Å². The summed E-state index contributed by atoms with van der Waals surface area (Å²) in [7, 11) is 0. The maximum atomic E-state index is 14.8. The van der Waals surface area contributed by atoms with E-state index >= 15 is 0 Å². The van der Waals surface area contributed by atoms with E-state index in [0.717, 1.165) is 24.0 Å². The molecule has 0 bridgehead atoms. The molecule has 0 aliphatic rings. The van der Waals surface area contributed by atoms with Crippen LogP contribution in [0.2, 0.25) is 0 Å². The number of halogens is 3. The summed E-state index contributed by atoms with van der Waals surface area (Å²) < 4.78 is 50.0. The van der Waals surface area contributed by atoms with Crippen LogP contribution in [0.5, 0.6) is 11.5 Å². The van der Waals surface area contributed by atoms with Gasteiger partial charge in [0.15, 0.2) is 17.3 Å². The summed E-state index contributed by atoms with van der Waals surface area (Å²) in [6.07, 6.45) is 3.70. The van der Waals surface area contributed by atoms with E-state index in [-0.39, 0.29) is 23.5 Å². The minimum Gasteiger partial charge on any atom is -0.487 e. The van der Waals surface area contributed by atoms with Crippen LogP contribution in [0.4, 0.5) is 13.2 Å². The molecule has 0 aliphatic carbocycles. The van der Waals surface area contributed by atoms with Crippen LogP contribution in [-0.2, 0) is 6.42 Å². The van der Waals surface area contributed by atoms with Crippen LogP contribution in [-0.4, -0.2) is 13.2 Å². The Kier molecular flexibility index (Phi) is 6.24. The third kappa shape index (κ3) is 4.30. The van der Waals surface area contributed by atoms with Crippen LogP contribution in [0.1, 0.15) is 18.9 Å². The molecular weight excluding hydrogens is 365 g/mol. The Morgan fingerprint density at radius 1 is 1.04 bits per heavy atom.